The Hall–Kier alpha value is -1.79. The van der Waals surface area contributed by atoms with Crippen molar-refractivity contribution in [1.82, 2.24) is 9.80 Å². The van der Waals surface area contributed by atoms with Crippen LogP contribution in [-0.2, 0) is 16.6 Å². The Labute approximate surface area is 217 Å². The third-order valence-corrected chi connectivity index (χ3v) is 9.27. The summed E-state index contributed by atoms with van der Waals surface area (Å²) in [5.41, 5.74) is 1.61. The summed E-state index contributed by atoms with van der Waals surface area (Å²) in [5.74, 6) is 1.13. The molecule has 0 spiro atoms. The fourth-order valence-electron chi connectivity index (χ4n) is 6.35. The number of halogens is 2. The maximum atomic E-state index is 13.3. The molecule has 1 amide bonds. The first kappa shape index (κ1) is 24.9. The Balaban J connectivity index is 1.38. The molecule has 2 saturated carbocycles. The predicted octanol–water partition coefficient (Wildman–Crippen LogP) is 4.89. The molecule has 5 nitrogen and oxygen atoms in total. The fourth-order valence-corrected chi connectivity index (χ4v) is 6.67. The average Bonchev–Trinajstić information content (AvgIpc) is 3.65. The molecule has 1 aliphatic heterocycles. The van der Waals surface area contributed by atoms with Gasteiger partial charge < -0.3 is 20.0 Å². The van der Waals surface area contributed by atoms with Gasteiger partial charge in [-0.2, -0.15) is 0 Å². The molecule has 4 unspecified atom stereocenters. The molecule has 2 aliphatic carbocycles. The number of likely N-dealkylation sites (tertiary alicyclic amines) is 1. The molecule has 35 heavy (non-hydrogen) atoms. The summed E-state index contributed by atoms with van der Waals surface area (Å²) in [4.78, 5) is 17.6. The van der Waals surface area contributed by atoms with Crippen molar-refractivity contribution >= 4 is 29.1 Å². The molecule has 5 rings (SSSR count). The molecule has 2 aromatic carbocycles. The van der Waals surface area contributed by atoms with Crippen LogP contribution in [0, 0.1) is 11.8 Å². The first-order valence-corrected chi connectivity index (χ1v) is 13.4. The van der Waals surface area contributed by atoms with Gasteiger partial charge in [-0.25, -0.2) is 0 Å². The van der Waals surface area contributed by atoms with Gasteiger partial charge in [-0.05, 0) is 80.0 Å². The van der Waals surface area contributed by atoms with Gasteiger partial charge >= 0.3 is 0 Å². The van der Waals surface area contributed by atoms with Crippen molar-refractivity contribution in [2.24, 2.45) is 11.8 Å². The van der Waals surface area contributed by atoms with E-state index in [1.54, 1.807) is 18.2 Å². The van der Waals surface area contributed by atoms with E-state index in [0.717, 1.165) is 49.5 Å². The third kappa shape index (κ3) is 5.20. The van der Waals surface area contributed by atoms with Crippen molar-refractivity contribution in [2.45, 2.75) is 56.1 Å². The number of carbonyl (C=O) groups excluding carboxylic acids is 1. The second kappa shape index (κ2) is 9.93. The van der Waals surface area contributed by atoms with E-state index in [9.17, 15) is 15.0 Å². The second-order valence-corrected chi connectivity index (χ2v) is 11.7. The molecule has 7 heteroatoms. The van der Waals surface area contributed by atoms with Crippen LogP contribution in [0.3, 0.4) is 0 Å². The van der Waals surface area contributed by atoms with E-state index in [0.29, 0.717) is 16.5 Å². The summed E-state index contributed by atoms with van der Waals surface area (Å²) in [6.45, 7) is 2.95. The van der Waals surface area contributed by atoms with Gasteiger partial charge in [0.1, 0.15) is 5.75 Å². The fraction of sp³-hybridized carbons (Fsp3) is 0.536. The normalized spacial score (nSPS) is 29.0. The smallest absolute Gasteiger partial charge is 0.226 e. The quantitative estimate of drug-likeness (QED) is 0.573. The molecule has 3 fully saturated rings. The van der Waals surface area contributed by atoms with Crippen molar-refractivity contribution in [2.75, 3.05) is 26.7 Å². The molecule has 2 aromatic rings. The number of aliphatic hydroxyl groups excluding tert-OH is 1. The summed E-state index contributed by atoms with van der Waals surface area (Å²) < 4.78 is 0. The van der Waals surface area contributed by atoms with Gasteiger partial charge in [0, 0.05) is 37.5 Å². The minimum absolute atomic E-state index is 0.00346. The Morgan fingerprint density at radius 2 is 1.97 bits per heavy atom. The van der Waals surface area contributed by atoms with Gasteiger partial charge in [-0.1, -0.05) is 41.4 Å². The van der Waals surface area contributed by atoms with Gasteiger partial charge in [0.05, 0.1) is 22.6 Å². The predicted molar refractivity (Wildman–Crippen MR) is 139 cm³/mol. The van der Waals surface area contributed by atoms with Crippen LogP contribution in [0.1, 0.15) is 43.2 Å². The van der Waals surface area contributed by atoms with Crippen LogP contribution in [0.15, 0.2) is 42.5 Å². The van der Waals surface area contributed by atoms with Gasteiger partial charge in [0.15, 0.2) is 0 Å². The molecule has 3 aliphatic rings. The summed E-state index contributed by atoms with van der Waals surface area (Å²) >= 11 is 12.2. The number of hydrogen-bond acceptors (Lipinski definition) is 4. The zero-order chi connectivity index (χ0) is 24.7. The monoisotopic (exact) mass is 516 g/mol. The molecule has 0 radical (unpaired) electrons. The number of phenolic OH excluding ortho intramolecular Hbond substituents is 1. The maximum absolute atomic E-state index is 13.3. The van der Waals surface area contributed by atoms with Crippen molar-refractivity contribution in [3.8, 4) is 5.75 Å². The lowest BCUT2D eigenvalue weighted by Gasteiger charge is -2.56. The lowest BCUT2D eigenvalue weighted by atomic mass is 9.56. The van der Waals surface area contributed by atoms with Crippen molar-refractivity contribution in [1.29, 1.82) is 0 Å². The number of nitrogens with zero attached hydrogens (tertiary/aromatic N) is 2. The van der Waals surface area contributed by atoms with E-state index < -0.39 is 6.10 Å². The lowest BCUT2D eigenvalue weighted by molar-refractivity contribution is -0.135. The van der Waals surface area contributed by atoms with Gasteiger partial charge in [0.2, 0.25) is 5.91 Å². The minimum atomic E-state index is -0.515. The number of carbonyl (C=O) groups is 1. The Morgan fingerprint density at radius 3 is 2.69 bits per heavy atom. The second-order valence-electron chi connectivity index (χ2n) is 10.9. The number of amides is 1. The van der Waals surface area contributed by atoms with E-state index in [1.807, 2.05) is 30.1 Å². The highest BCUT2D eigenvalue weighted by molar-refractivity contribution is 6.42. The van der Waals surface area contributed by atoms with E-state index in [1.165, 1.54) is 12.8 Å². The van der Waals surface area contributed by atoms with Crippen molar-refractivity contribution < 1.29 is 15.0 Å². The Bertz CT molecular complexity index is 1090. The van der Waals surface area contributed by atoms with Crippen LogP contribution in [0.25, 0.3) is 0 Å². The number of aromatic hydroxyl groups is 1. The number of likely N-dealkylation sites (N-methyl/N-ethyl adjacent to an activating group) is 1. The number of fused-ring (bicyclic) bond motifs is 1. The van der Waals surface area contributed by atoms with Gasteiger partial charge in [0.25, 0.3) is 0 Å². The summed E-state index contributed by atoms with van der Waals surface area (Å²) in [5, 5.41) is 22.7. The van der Waals surface area contributed by atoms with Crippen molar-refractivity contribution in [3.63, 3.8) is 0 Å². The molecule has 1 heterocycles. The molecular weight excluding hydrogens is 483 g/mol. The standard InChI is InChI=1S/C28H34Cl2N2O3/c1-31(27(35)12-19-7-8-24(29)25(30)11-19)21-14-26(34)23-17-32(16-18-5-6-18)10-9-28(23,15-21)20-3-2-4-22(33)13-20/h2-4,7-8,11,13,18,21,23,26,33-34H,5-6,9-10,12,14-17H2,1H3. The van der Waals surface area contributed by atoms with Gasteiger partial charge in [-0.3, -0.25) is 4.79 Å². The zero-order valence-electron chi connectivity index (χ0n) is 20.2. The summed E-state index contributed by atoms with van der Waals surface area (Å²) in [6, 6.07) is 12.7. The van der Waals surface area contributed by atoms with Crippen LogP contribution < -0.4 is 0 Å². The highest BCUT2D eigenvalue weighted by atomic mass is 35.5. The molecule has 1 saturated heterocycles. The van der Waals surface area contributed by atoms with Crippen LogP contribution in [0.2, 0.25) is 10.0 Å². The molecule has 4 atom stereocenters. The number of rotatable bonds is 6. The summed E-state index contributed by atoms with van der Waals surface area (Å²) in [6.07, 6.45) is 4.60. The SMILES string of the molecule is CN(C(=O)Cc1ccc(Cl)c(Cl)c1)C1CC(O)C2CN(CC3CC3)CCC2(c2cccc(O)c2)C1. The first-order chi connectivity index (χ1) is 16.7. The number of phenols is 1. The Kier molecular flexibility index (Phi) is 7.06. The maximum Gasteiger partial charge on any atom is 0.226 e. The van der Waals surface area contributed by atoms with E-state index >= 15 is 0 Å². The zero-order valence-corrected chi connectivity index (χ0v) is 21.7. The highest BCUT2D eigenvalue weighted by Gasteiger charge is 2.53. The molecular formula is C28H34Cl2N2O3. The average molecular weight is 517 g/mol. The van der Waals surface area contributed by atoms with Crippen molar-refractivity contribution in [3.05, 3.63) is 63.6 Å². The number of benzene rings is 2. The van der Waals surface area contributed by atoms with Crippen LogP contribution in [-0.4, -0.2) is 64.7 Å². The van der Waals surface area contributed by atoms with E-state index in [4.69, 9.17) is 23.2 Å². The minimum Gasteiger partial charge on any atom is -0.508 e. The number of piperidine rings is 1. The van der Waals surface area contributed by atoms with Crippen LogP contribution in [0.5, 0.6) is 5.75 Å². The third-order valence-electron chi connectivity index (χ3n) is 8.53. The first-order valence-electron chi connectivity index (χ1n) is 12.6. The molecule has 188 valence electrons. The molecule has 0 aromatic heterocycles. The van der Waals surface area contributed by atoms with E-state index in [2.05, 4.69) is 11.0 Å². The molecule has 2 N–H and O–H groups in total. The molecule has 0 bridgehead atoms. The Morgan fingerprint density at radius 1 is 1.17 bits per heavy atom. The highest BCUT2D eigenvalue weighted by Crippen LogP contribution is 2.51. The topological polar surface area (TPSA) is 64.0 Å². The largest absolute Gasteiger partial charge is 0.508 e. The van der Waals surface area contributed by atoms with Gasteiger partial charge in [-0.15, -0.1) is 0 Å². The number of hydrogen-bond donors (Lipinski definition) is 2. The van der Waals surface area contributed by atoms with Crippen LogP contribution in [0.4, 0.5) is 0 Å². The number of aliphatic hydroxyl groups is 1. The van der Waals surface area contributed by atoms with E-state index in [-0.39, 0.29) is 35.5 Å². The summed E-state index contributed by atoms with van der Waals surface area (Å²) in [7, 11) is 1.84. The van der Waals surface area contributed by atoms with Crippen LogP contribution >= 0.6 is 23.2 Å². The lowest BCUT2D eigenvalue weighted by Crippen LogP contribution is -2.61.